The maximum absolute atomic E-state index is 13.6. The Labute approximate surface area is 222 Å². The Kier molecular flexibility index (Phi) is 7.08. The van der Waals surface area contributed by atoms with Crippen LogP contribution in [0.5, 0.6) is 0 Å². The predicted octanol–water partition coefficient (Wildman–Crippen LogP) is 3.59. The highest BCUT2D eigenvalue weighted by Crippen LogP contribution is 2.51. The highest BCUT2D eigenvalue weighted by atomic mass is 19.4. The topological polar surface area (TPSA) is 127 Å². The van der Waals surface area contributed by atoms with Gasteiger partial charge in [-0.1, -0.05) is 0 Å². The van der Waals surface area contributed by atoms with Gasteiger partial charge in [-0.2, -0.15) is 23.4 Å². The zero-order valence-electron chi connectivity index (χ0n) is 21.5. The van der Waals surface area contributed by atoms with Gasteiger partial charge in [-0.05, 0) is 69.4 Å². The molecule has 0 aliphatic heterocycles. The van der Waals surface area contributed by atoms with Crippen LogP contribution in [0.1, 0.15) is 67.2 Å². The maximum Gasteiger partial charge on any atom is 0.416 e. The molecular weight excluding hydrogens is 515 g/mol. The summed E-state index contributed by atoms with van der Waals surface area (Å²) in [4.78, 5) is 41.2. The van der Waals surface area contributed by atoms with E-state index in [0.717, 1.165) is 42.6 Å². The Morgan fingerprint density at radius 3 is 2.44 bits per heavy atom. The van der Waals surface area contributed by atoms with Crippen molar-refractivity contribution in [3.05, 3.63) is 64.1 Å². The number of alkyl halides is 3. The fourth-order valence-corrected chi connectivity index (χ4v) is 5.18. The molecule has 2 aliphatic rings. The molecule has 1 unspecified atom stereocenters. The summed E-state index contributed by atoms with van der Waals surface area (Å²) in [6, 6.07) is 1.57. The van der Waals surface area contributed by atoms with E-state index in [9.17, 15) is 27.6 Å². The number of H-pyrrole nitrogens is 1. The van der Waals surface area contributed by atoms with Crippen LogP contribution < -0.4 is 16.2 Å². The first-order valence-corrected chi connectivity index (χ1v) is 13.0. The first kappa shape index (κ1) is 26.7. The third-order valence-corrected chi connectivity index (χ3v) is 7.27. The number of amides is 2. The van der Waals surface area contributed by atoms with Crippen LogP contribution in [0.2, 0.25) is 0 Å². The fraction of sp³-hybridized carbons (Fsp3) is 0.500. The van der Waals surface area contributed by atoms with E-state index in [2.05, 4.69) is 25.8 Å². The van der Waals surface area contributed by atoms with Crippen molar-refractivity contribution in [2.24, 2.45) is 17.8 Å². The number of carbonyl (C=O) groups is 2. The molecule has 0 spiro atoms. The van der Waals surface area contributed by atoms with Gasteiger partial charge in [-0.25, -0.2) is 0 Å². The average molecular weight is 546 g/mol. The molecule has 0 saturated heterocycles. The summed E-state index contributed by atoms with van der Waals surface area (Å²) in [5, 5.41) is 14.0. The molecule has 2 saturated carbocycles. The number of aromatic amines is 1. The molecular formula is C26H30F3N7O3. The number of pyridine rings is 1. The van der Waals surface area contributed by atoms with E-state index < -0.39 is 47.3 Å². The number of carbonyl (C=O) groups excluding carboxylic acids is 2. The number of rotatable bonds is 10. The van der Waals surface area contributed by atoms with Crippen LogP contribution >= 0.6 is 0 Å². The molecule has 13 heteroatoms. The van der Waals surface area contributed by atoms with Gasteiger partial charge in [0.1, 0.15) is 11.7 Å². The first-order chi connectivity index (χ1) is 18.5. The molecule has 1 atom stereocenters. The molecule has 3 aromatic heterocycles. The Hall–Kier alpha value is -3.90. The quantitative estimate of drug-likeness (QED) is 0.359. The van der Waals surface area contributed by atoms with Gasteiger partial charge in [0.2, 0.25) is 5.91 Å². The maximum atomic E-state index is 13.6. The number of hydrogen-bond donors (Lipinski definition) is 3. The summed E-state index contributed by atoms with van der Waals surface area (Å²) >= 11 is 0. The molecule has 0 bridgehead atoms. The highest BCUT2D eigenvalue weighted by Gasteiger charge is 2.48. The molecule has 208 valence electrons. The smallest absolute Gasteiger partial charge is 0.339 e. The molecule has 10 nitrogen and oxygen atoms in total. The monoisotopic (exact) mass is 545 g/mol. The minimum Gasteiger partial charge on any atom is -0.339 e. The second-order valence-electron chi connectivity index (χ2n) is 10.6. The van der Waals surface area contributed by atoms with Crippen molar-refractivity contribution in [1.29, 1.82) is 0 Å². The summed E-state index contributed by atoms with van der Waals surface area (Å²) in [6.07, 6.45) is 4.43. The molecule has 2 amide bonds. The van der Waals surface area contributed by atoms with E-state index in [4.69, 9.17) is 0 Å². The summed E-state index contributed by atoms with van der Waals surface area (Å²) < 4.78 is 43.0. The van der Waals surface area contributed by atoms with E-state index in [0.29, 0.717) is 17.5 Å². The molecule has 2 fully saturated rings. The van der Waals surface area contributed by atoms with Crippen molar-refractivity contribution in [3.8, 4) is 0 Å². The second-order valence-corrected chi connectivity index (χ2v) is 10.6. The lowest BCUT2D eigenvalue weighted by molar-refractivity contribution is -0.138. The number of nitrogens with zero attached hydrogens (tertiary/aromatic N) is 4. The van der Waals surface area contributed by atoms with Gasteiger partial charge in [-0.15, -0.1) is 0 Å². The van der Waals surface area contributed by atoms with Crippen LogP contribution in [0, 0.1) is 17.8 Å². The Morgan fingerprint density at radius 1 is 1.13 bits per heavy atom. The van der Waals surface area contributed by atoms with Gasteiger partial charge >= 0.3 is 6.18 Å². The van der Waals surface area contributed by atoms with E-state index >= 15 is 0 Å². The van der Waals surface area contributed by atoms with Crippen molar-refractivity contribution in [1.82, 2.24) is 29.9 Å². The van der Waals surface area contributed by atoms with Gasteiger partial charge in [0.25, 0.3) is 11.5 Å². The number of anilines is 1. The number of nitrogens with one attached hydrogen (secondary N) is 3. The van der Waals surface area contributed by atoms with Crippen molar-refractivity contribution in [2.75, 3.05) is 5.32 Å². The van der Waals surface area contributed by atoms with Crippen LogP contribution in [-0.2, 0) is 17.5 Å². The second kappa shape index (κ2) is 10.3. The molecule has 0 aromatic carbocycles. The van der Waals surface area contributed by atoms with Gasteiger partial charge in [0, 0.05) is 24.6 Å². The summed E-state index contributed by atoms with van der Waals surface area (Å²) in [5.74, 6) is -0.146. The van der Waals surface area contributed by atoms with Crippen LogP contribution in [0.25, 0.3) is 0 Å². The van der Waals surface area contributed by atoms with Crippen LogP contribution in [0.15, 0.2) is 41.7 Å². The number of aromatic nitrogens is 5. The molecule has 0 radical (unpaired) electrons. The highest BCUT2D eigenvalue weighted by molar-refractivity contribution is 6.00. The lowest BCUT2D eigenvalue weighted by Gasteiger charge is -2.27. The third-order valence-electron chi connectivity index (χ3n) is 7.27. The molecule has 3 N–H and O–H groups in total. The van der Waals surface area contributed by atoms with E-state index in [1.54, 1.807) is 16.9 Å². The average Bonchev–Trinajstić information content (AvgIpc) is 3.79. The van der Waals surface area contributed by atoms with Gasteiger partial charge in [-0.3, -0.25) is 23.7 Å². The van der Waals surface area contributed by atoms with Gasteiger partial charge in [0.05, 0.1) is 29.6 Å². The molecule has 5 rings (SSSR count). The van der Waals surface area contributed by atoms with E-state index in [1.165, 1.54) is 12.4 Å². The number of hydrogen-bond acceptors (Lipinski definition) is 5. The van der Waals surface area contributed by atoms with E-state index in [1.807, 2.05) is 13.8 Å². The van der Waals surface area contributed by atoms with Gasteiger partial charge in [0.15, 0.2) is 0 Å². The Bertz CT molecular complexity index is 1400. The zero-order valence-corrected chi connectivity index (χ0v) is 21.5. The standard InChI is InChI=1S/C26H30F3N7O3/c1-14(2)36-20(8-10-31-36)24(38)34-22(21(15-3-4-15)16-5-6-16)25(39)33-17-11-32-35(12-17)13-18-19(26(27,28)29)7-9-30-23(18)37/h7-12,14-16,21-22H,3-6,13H2,1-2H3,(H,30,37)(H,33,39)(H,34,38). The zero-order chi connectivity index (χ0) is 27.9. The minimum atomic E-state index is -4.70. The first-order valence-electron chi connectivity index (χ1n) is 13.0. The van der Waals surface area contributed by atoms with Crippen molar-refractivity contribution >= 4 is 17.5 Å². The van der Waals surface area contributed by atoms with Crippen molar-refractivity contribution in [3.63, 3.8) is 0 Å². The van der Waals surface area contributed by atoms with Crippen molar-refractivity contribution < 1.29 is 22.8 Å². The lowest BCUT2D eigenvalue weighted by atomic mass is 9.88. The number of halogens is 3. The van der Waals surface area contributed by atoms with Crippen LogP contribution in [0.3, 0.4) is 0 Å². The summed E-state index contributed by atoms with van der Waals surface area (Å²) in [5.41, 5.74) is -1.80. The van der Waals surface area contributed by atoms with E-state index in [-0.39, 0.29) is 17.6 Å². The van der Waals surface area contributed by atoms with Gasteiger partial charge < -0.3 is 15.6 Å². The van der Waals surface area contributed by atoms with Crippen LogP contribution in [-0.4, -0.2) is 42.4 Å². The Morgan fingerprint density at radius 2 is 1.82 bits per heavy atom. The Balaban J connectivity index is 1.35. The summed E-state index contributed by atoms with van der Waals surface area (Å²) in [7, 11) is 0. The predicted molar refractivity (Wildman–Crippen MR) is 135 cm³/mol. The molecule has 3 aromatic rings. The lowest BCUT2D eigenvalue weighted by Crippen LogP contribution is -2.50. The third kappa shape index (κ3) is 5.91. The molecule has 2 aliphatic carbocycles. The fourth-order valence-electron chi connectivity index (χ4n) is 5.18. The van der Waals surface area contributed by atoms with Crippen LogP contribution in [0.4, 0.5) is 18.9 Å². The SMILES string of the molecule is CC(C)n1nccc1C(=O)NC(C(=O)Nc1cnn(Cc2c(C(F)(F)F)cc[nH]c2=O)c1)C(C1CC1)C1CC1. The molecule has 3 heterocycles. The van der Waals surface area contributed by atoms with Crippen molar-refractivity contribution in [2.45, 2.75) is 64.3 Å². The molecule has 39 heavy (non-hydrogen) atoms. The summed E-state index contributed by atoms with van der Waals surface area (Å²) in [6.45, 7) is 3.38. The minimum absolute atomic E-state index is 0.0170. The normalized spacial score (nSPS) is 16.5. The largest absolute Gasteiger partial charge is 0.416 e.